The summed E-state index contributed by atoms with van der Waals surface area (Å²) in [6, 6.07) is 0.436. The van der Waals surface area contributed by atoms with Crippen molar-refractivity contribution < 1.29 is 24.5 Å². The number of carboxylic acid groups (broad SMARTS) is 1. The first kappa shape index (κ1) is 16.4. The van der Waals surface area contributed by atoms with E-state index in [0.29, 0.717) is 25.7 Å². The Hall–Kier alpha value is -0.690. The van der Waals surface area contributed by atoms with Crippen LogP contribution in [0, 0.1) is 0 Å². The molecule has 0 aromatic heterocycles. The van der Waals surface area contributed by atoms with Crippen molar-refractivity contribution in [3.63, 3.8) is 0 Å². The van der Waals surface area contributed by atoms with Crippen molar-refractivity contribution in [1.29, 1.82) is 0 Å². The molecule has 1 saturated carbocycles. The molecular formula is C13H25NO5. The van der Waals surface area contributed by atoms with Crippen molar-refractivity contribution in [2.24, 2.45) is 0 Å². The predicted octanol–water partition coefficient (Wildman–Crippen LogP) is 0.338. The molecule has 0 amide bonds. The van der Waals surface area contributed by atoms with Crippen LogP contribution >= 0.6 is 0 Å². The summed E-state index contributed by atoms with van der Waals surface area (Å²) in [5.41, 5.74) is 0. The van der Waals surface area contributed by atoms with Crippen molar-refractivity contribution in [2.45, 2.75) is 44.4 Å². The summed E-state index contributed by atoms with van der Waals surface area (Å²) in [4.78, 5) is 12.6. The highest BCUT2D eigenvalue weighted by atomic mass is 16.5. The van der Waals surface area contributed by atoms with Crippen LogP contribution in [-0.2, 0) is 14.3 Å². The molecule has 0 aliphatic heterocycles. The Morgan fingerprint density at radius 2 is 2.11 bits per heavy atom. The Balaban J connectivity index is 2.22. The monoisotopic (exact) mass is 275 g/mol. The maximum absolute atomic E-state index is 10.6. The quantitative estimate of drug-likeness (QED) is 0.566. The Labute approximate surface area is 114 Å². The van der Waals surface area contributed by atoms with Gasteiger partial charge in [0.05, 0.1) is 31.8 Å². The Kier molecular flexibility index (Phi) is 7.30. The normalized spacial score (nSPS) is 18.5. The number of rotatable bonds is 11. The van der Waals surface area contributed by atoms with Crippen LogP contribution in [0.25, 0.3) is 0 Å². The fourth-order valence-corrected chi connectivity index (χ4v) is 1.98. The van der Waals surface area contributed by atoms with Crippen LogP contribution in [-0.4, -0.2) is 72.7 Å². The molecule has 2 unspecified atom stereocenters. The molecule has 0 bridgehead atoms. The molecule has 0 heterocycles. The standard InChI is InChI=1S/C13H25NO5/c1-10(8-18-2)19-9-12(15)7-14(11-3-4-11)6-5-13(16)17/h10-12,15H,3-9H2,1-2H3,(H,16,17). The Bertz CT molecular complexity index is 270. The van der Waals surface area contributed by atoms with Crippen molar-refractivity contribution in [3.05, 3.63) is 0 Å². The van der Waals surface area contributed by atoms with Gasteiger partial charge in [0.25, 0.3) is 0 Å². The highest BCUT2D eigenvalue weighted by Gasteiger charge is 2.30. The first-order chi connectivity index (χ1) is 9.02. The van der Waals surface area contributed by atoms with E-state index in [1.807, 2.05) is 11.8 Å². The van der Waals surface area contributed by atoms with Gasteiger partial charge in [-0.05, 0) is 19.8 Å². The van der Waals surface area contributed by atoms with Crippen LogP contribution < -0.4 is 0 Å². The van der Waals surface area contributed by atoms with Crippen molar-refractivity contribution in [1.82, 2.24) is 4.90 Å². The van der Waals surface area contributed by atoms with E-state index in [2.05, 4.69) is 0 Å². The van der Waals surface area contributed by atoms with Gasteiger partial charge >= 0.3 is 5.97 Å². The molecular weight excluding hydrogens is 250 g/mol. The number of aliphatic hydroxyl groups is 1. The molecule has 1 rings (SSSR count). The number of hydrogen-bond acceptors (Lipinski definition) is 5. The average molecular weight is 275 g/mol. The van der Waals surface area contributed by atoms with Crippen LogP contribution in [0.5, 0.6) is 0 Å². The van der Waals surface area contributed by atoms with Gasteiger partial charge in [-0.3, -0.25) is 9.69 Å². The number of aliphatic carboxylic acids is 1. The lowest BCUT2D eigenvalue weighted by molar-refractivity contribution is -0.137. The molecule has 0 saturated heterocycles. The van der Waals surface area contributed by atoms with Gasteiger partial charge in [0, 0.05) is 26.2 Å². The van der Waals surface area contributed by atoms with E-state index in [-0.39, 0.29) is 19.1 Å². The van der Waals surface area contributed by atoms with Crippen LogP contribution in [0.2, 0.25) is 0 Å². The fraction of sp³-hybridized carbons (Fsp3) is 0.923. The molecule has 0 aromatic rings. The molecule has 6 heteroatoms. The molecule has 112 valence electrons. The summed E-state index contributed by atoms with van der Waals surface area (Å²) in [6.45, 7) is 3.60. The second-order valence-corrected chi connectivity index (χ2v) is 5.12. The molecule has 1 aliphatic carbocycles. The molecule has 0 aromatic carbocycles. The van der Waals surface area contributed by atoms with Crippen molar-refractivity contribution in [3.8, 4) is 0 Å². The molecule has 19 heavy (non-hydrogen) atoms. The van der Waals surface area contributed by atoms with E-state index in [9.17, 15) is 9.90 Å². The molecule has 6 nitrogen and oxygen atoms in total. The van der Waals surface area contributed by atoms with Crippen LogP contribution in [0.4, 0.5) is 0 Å². The zero-order valence-corrected chi connectivity index (χ0v) is 11.7. The average Bonchev–Trinajstić information content (AvgIpc) is 3.16. The van der Waals surface area contributed by atoms with E-state index in [0.717, 1.165) is 12.8 Å². The molecule has 2 atom stereocenters. The number of hydrogen-bond donors (Lipinski definition) is 2. The van der Waals surface area contributed by atoms with Crippen LogP contribution in [0.1, 0.15) is 26.2 Å². The minimum Gasteiger partial charge on any atom is -0.481 e. The third kappa shape index (κ3) is 7.47. The number of methoxy groups -OCH3 is 1. The van der Waals surface area contributed by atoms with E-state index in [1.165, 1.54) is 0 Å². The third-order valence-corrected chi connectivity index (χ3v) is 3.10. The number of carbonyl (C=O) groups is 1. The molecule has 0 spiro atoms. The molecule has 0 radical (unpaired) electrons. The predicted molar refractivity (Wildman–Crippen MR) is 70.1 cm³/mol. The van der Waals surface area contributed by atoms with Gasteiger partial charge < -0.3 is 19.7 Å². The number of nitrogens with zero attached hydrogens (tertiary/aromatic N) is 1. The van der Waals surface area contributed by atoms with Gasteiger partial charge in [-0.15, -0.1) is 0 Å². The first-order valence-corrected chi connectivity index (χ1v) is 6.77. The SMILES string of the molecule is COCC(C)OCC(O)CN(CCC(=O)O)C1CC1. The summed E-state index contributed by atoms with van der Waals surface area (Å²) in [5, 5.41) is 18.6. The summed E-state index contributed by atoms with van der Waals surface area (Å²) in [7, 11) is 1.61. The lowest BCUT2D eigenvalue weighted by atomic mass is 10.3. The minimum absolute atomic E-state index is 0.0481. The number of carboxylic acids is 1. The topological polar surface area (TPSA) is 79.2 Å². The maximum Gasteiger partial charge on any atom is 0.304 e. The van der Waals surface area contributed by atoms with E-state index >= 15 is 0 Å². The van der Waals surface area contributed by atoms with Gasteiger partial charge in [-0.1, -0.05) is 0 Å². The zero-order valence-electron chi connectivity index (χ0n) is 11.7. The van der Waals surface area contributed by atoms with Crippen LogP contribution in [0.15, 0.2) is 0 Å². The van der Waals surface area contributed by atoms with Gasteiger partial charge in [-0.25, -0.2) is 0 Å². The lowest BCUT2D eigenvalue weighted by Gasteiger charge is -2.25. The zero-order chi connectivity index (χ0) is 14.3. The minimum atomic E-state index is -0.801. The largest absolute Gasteiger partial charge is 0.481 e. The summed E-state index contributed by atoms with van der Waals surface area (Å²) < 4.78 is 10.4. The van der Waals surface area contributed by atoms with E-state index < -0.39 is 12.1 Å². The van der Waals surface area contributed by atoms with Crippen molar-refractivity contribution in [2.75, 3.05) is 33.4 Å². The molecule has 1 aliphatic rings. The van der Waals surface area contributed by atoms with Crippen LogP contribution in [0.3, 0.4) is 0 Å². The van der Waals surface area contributed by atoms with Gasteiger partial charge in [0.1, 0.15) is 0 Å². The van der Waals surface area contributed by atoms with E-state index in [4.69, 9.17) is 14.6 Å². The second kappa shape index (κ2) is 8.47. The highest BCUT2D eigenvalue weighted by Crippen LogP contribution is 2.27. The summed E-state index contributed by atoms with van der Waals surface area (Å²) in [6.07, 6.45) is 1.66. The second-order valence-electron chi connectivity index (χ2n) is 5.12. The van der Waals surface area contributed by atoms with Gasteiger partial charge in [-0.2, -0.15) is 0 Å². The third-order valence-electron chi connectivity index (χ3n) is 3.10. The van der Waals surface area contributed by atoms with Crippen molar-refractivity contribution >= 4 is 5.97 Å². The summed E-state index contributed by atoms with van der Waals surface area (Å²) in [5.74, 6) is -0.801. The fourth-order valence-electron chi connectivity index (χ4n) is 1.98. The Morgan fingerprint density at radius 1 is 1.42 bits per heavy atom. The maximum atomic E-state index is 10.6. The smallest absolute Gasteiger partial charge is 0.304 e. The van der Waals surface area contributed by atoms with Gasteiger partial charge in [0.15, 0.2) is 0 Å². The number of aliphatic hydroxyl groups excluding tert-OH is 1. The van der Waals surface area contributed by atoms with Gasteiger partial charge in [0.2, 0.25) is 0 Å². The summed E-state index contributed by atoms with van der Waals surface area (Å²) >= 11 is 0. The molecule has 2 N–H and O–H groups in total. The highest BCUT2D eigenvalue weighted by molar-refractivity contribution is 5.66. The number of ether oxygens (including phenoxy) is 2. The lowest BCUT2D eigenvalue weighted by Crippen LogP contribution is -2.38. The first-order valence-electron chi connectivity index (χ1n) is 6.77. The van der Waals surface area contributed by atoms with E-state index in [1.54, 1.807) is 7.11 Å². The molecule has 1 fully saturated rings. The Morgan fingerprint density at radius 3 is 2.63 bits per heavy atom.